The van der Waals surface area contributed by atoms with Gasteiger partial charge in [-0.05, 0) is 34.4 Å². The summed E-state index contributed by atoms with van der Waals surface area (Å²) in [5, 5.41) is 4.70. The van der Waals surface area contributed by atoms with Gasteiger partial charge in [-0.25, -0.2) is 0 Å². The zero-order valence-electron chi connectivity index (χ0n) is 14.0. The summed E-state index contributed by atoms with van der Waals surface area (Å²) < 4.78 is 6.50. The van der Waals surface area contributed by atoms with Crippen molar-refractivity contribution < 1.29 is 4.74 Å². The molecule has 4 aromatic carbocycles. The van der Waals surface area contributed by atoms with Crippen molar-refractivity contribution in [2.24, 2.45) is 0 Å². The molecule has 0 N–H and O–H groups in total. The van der Waals surface area contributed by atoms with E-state index in [0.29, 0.717) is 5.92 Å². The van der Waals surface area contributed by atoms with Crippen LogP contribution in [0.5, 0.6) is 11.5 Å². The molecule has 1 heteroatoms. The van der Waals surface area contributed by atoms with Crippen LogP contribution in [0.15, 0.2) is 78.9 Å². The Morgan fingerprint density at radius 1 is 0.667 bits per heavy atom. The van der Waals surface area contributed by atoms with Crippen LogP contribution in [0.2, 0.25) is 0 Å². The van der Waals surface area contributed by atoms with Gasteiger partial charge in [-0.15, -0.1) is 0 Å². The molecule has 0 saturated heterocycles. The zero-order valence-corrected chi connectivity index (χ0v) is 14.0. The highest BCUT2D eigenvalue weighted by Gasteiger charge is 2.13. The molecule has 1 nitrogen and oxygen atoms in total. The van der Waals surface area contributed by atoms with Gasteiger partial charge in [0.15, 0.2) is 0 Å². The molecule has 0 unspecified atom stereocenters. The van der Waals surface area contributed by atoms with E-state index in [-0.39, 0.29) is 0 Å². The SMILES string of the molecule is CC(C)c1ccccc1Oc1c2ccccc2cc2ccccc12. The van der Waals surface area contributed by atoms with E-state index in [1.54, 1.807) is 0 Å². The molecule has 0 heterocycles. The first kappa shape index (κ1) is 14.8. The van der Waals surface area contributed by atoms with Crippen molar-refractivity contribution in [2.75, 3.05) is 0 Å². The second-order valence-electron chi connectivity index (χ2n) is 6.44. The van der Waals surface area contributed by atoms with Gasteiger partial charge in [0.25, 0.3) is 0 Å². The first-order valence-electron chi connectivity index (χ1n) is 8.41. The van der Waals surface area contributed by atoms with Gasteiger partial charge in [0.1, 0.15) is 11.5 Å². The molecule has 24 heavy (non-hydrogen) atoms. The Morgan fingerprint density at radius 2 is 1.21 bits per heavy atom. The maximum absolute atomic E-state index is 6.50. The van der Waals surface area contributed by atoms with E-state index in [0.717, 1.165) is 22.3 Å². The summed E-state index contributed by atoms with van der Waals surface area (Å²) in [4.78, 5) is 0. The van der Waals surface area contributed by atoms with Crippen molar-refractivity contribution in [2.45, 2.75) is 19.8 Å². The average Bonchev–Trinajstić information content (AvgIpc) is 2.62. The van der Waals surface area contributed by atoms with Crippen molar-refractivity contribution in [1.82, 2.24) is 0 Å². The van der Waals surface area contributed by atoms with Crippen LogP contribution in [0, 0.1) is 0 Å². The fourth-order valence-electron chi connectivity index (χ4n) is 3.24. The molecular formula is C23H20O. The van der Waals surface area contributed by atoms with E-state index >= 15 is 0 Å². The van der Waals surface area contributed by atoms with Crippen LogP contribution in [0.25, 0.3) is 21.5 Å². The summed E-state index contributed by atoms with van der Waals surface area (Å²) in [7, 11) is 0. The van der Waals surface area contributed by atoms with Crippen molar-refractivity contribution in [3.63, 3.8) is 0 Å². The van der Waals surface area contributed by atoms with Crippen LogP contribution < -0.4 is 4.74 Å². The summed E-state index contributed by atoms with van der Waals surface area (Å²) in [5.41, 5.74) is 1.23. The van der Waals surface area contributed by atoms with Crippen LogP contribution in [-0.2, 0) is 0 Å². The number of hydrogen-bond acceptors (Lipinski definition) is 1. The maximum Gasteiger partial charge on any atom is 0.143 e. The van der Waals surface area contributed by atoms with Gasteiger partial charge in [-0.3, -0.25) is 0 Å². The van der Waals surface area contributed by atoms with Crippen molar-refractivity contribution in [1.29, 1.82) is 0 Å². The Bertz CT molecular complexity index is 961. The Hall–Kier alpha value is -2.80. The normalized spacial score (nSPS) is 11.3. The van der Waals surface area contributed by atoms with E-state index in [1.807, 2.05) is 6.07 Å². The summed E-state index contributed by atoms with van der Waals surface area (Å²) >= 11 is 0. The highest BCUT2D eigenvalue weighted by Crippen LogP contribution is 2.39. The predicted molar refractivity (Wildman–Crippen MR) is 102 cm³/mol. The van der Waals surface area contributed by atoms with Gasteiger partial charge in [-0.1, -0.05) is 80.6 Å². The lowest BCUT2D eigenvalue weighted by atomic mass is 10.0. The van der Waals surface area contributed by atoms with Crippen molar-refractivity contribution >= 4 is 21.5 Å². The van der Waals surface area contributed by atoms with Gasteiger partial charge in [0.05, 0.1) is 0 Å². The molecule has 0 aliphatic rings. The molecule has 0 aliphatic heterocycles. The van der Waals surface area contributed by atoms with Crippen LogP contribution >= 0.6 is 0 Å². The summed E-state index contributed by atoms with van der Waals surface area (Å²) in [6.07, 6.45) is 0. The minimum Gasteiger partial charge on any atom is -0.456 e. The lowest BCUT2D eigenvalue weighted by molar-refractivity contribution is 0.483. The third-order valence-electron chi connectivity index (χ3n) is 4.47. The number of para-hydroxylation sites is 1. The fraction of sp³-hybridized carbons (Fsp3) is 0.130. The quantitative estimate of drug-likeness (QED) is 0.373. The van der Waals surface area contributed by atoms with Crippen LogP contribution in [0.3, 0.4) is 0 Å². The number of benzene rings is 4. The van der Waals surface area contributed by atoms with E-state index in [1.165, 1.54) is 16.3 Å². The van der Waals surface area contributed by atoms with Gasteiger partial charge in [0, 0.05) is 10.8 Å². The molecule has 0 atom stereocenters. The molecule has 4 rings (SSSR count). The Morgan fingerprint density at radius 3 is 1.83 bits per heavy atom. The summed E-state index contributed by atoms with van der Waals surface area (Å²) in [6, 6.07) is 27.4. The highest BCUT2D eigenvalue weighted by atomic mass is 16.5. The lowest BCUT2D eigenvalue weighted by Crippen LogP contribution is -1.95. The van der Waals surface area contributed by atoms with E-state index in [4.69, 9.17) is 4.74 Å². The largest absolute Gasteiger partial charge is 0.456 e. The average molecular weight is 312 g/mol. The van der Waals surface area contributed by atoms with E-state index in [2.05, 4.69) is 86.6 Å². The summed E-state index contributed by atoms with van der Waals surface area (Å²) in [5.74, 6) is 2.30. The minimum atomic E-state index is 0.419. The topological polar surface area (TPSA) is 9.23 Å². The Kier molecular flexibility index (Phi) is 3.70. The van der Waals surface area contributed by atoms with E-state index in [9.17, 15) is 0 Å². The van der Waals surface area contributed by atoms with Crippen LogP contribution in [0.1, 0.15) is 25.3 Å². The summed E-state index contributed by atoms with van der Waals surface area (Å²) in [6.45, 7) is 4.40. The van der Waals surface area contributed by atoms with E-state index < -0.39 is 0 Å². The third-order valence-corrected chi connectivity index (χ3v) is 4.47. The second kappa shape index (κ2) is 6.01. The predicted octanol–water partition coefficient (Wildman–Crippen LogP) is 6.91. The minimum absolute atomic E-state index is 0.419. The molecule has 4 aromatic rings. The van der Waals surface area contributed by atoms with Gasteiger partial charge in [-0.2, -0.15) is 0 Å². The molecule has 0 amide bonds. The third kappa shape index (κ3) is 2.52. The van der Waals surface area contributed by atoms with Gasteiger partial charge in [0.2, 0.25) is 0 Å². The fourth-order valence-corrected chi connectivity index (χ4v) is 3.24. The molecule has 0 aromatic heterocycles. The Labute approximate surface area is 142 Å². The zero-order chi connectivity index (χ0) is 16.5. The molecule has 0 saturated carbocycles. The van der Waals surface area contributed by atoms with Gasteiger partial charge < -0.3 is 4.74 Å². The van der Waals surface area contributed by atoms with Crippen molar-refractivity contribution in [3.05, 3.63) is 84.4 Å². The molecule has 0 radical (unpaired) electrons. The number of ether oxygens (including phenoxy) is 1. The molecule has 0 bridgehead atoms. The lowest BCUT2D eigenvalue weighted by Gasteiger charge is -2.17. The first-order valence-corrected chi connectivity index (χ1v) is 8.41. The molecule has 0 fully saturated rings. The van der Waals surface area contributed by atoms with Crippen molar-refractivity contribution in [3.8, 4) is 11.5 Å². The number of fused-ring (bicyclic) bond motifs is 2. The maximum atomic E-state index is 6.50. The van der Waals surface area contributed by atoms with Gasteiger partial charge >= 0.3 is 0 Å². The second-order valence-corrected chi connectivity index (χ2v) is 6.44. The Balaban J connectivity index is 1.98. The standard InChI is InChI=1S/C23H20O/c1-16(2)19-11-7-8-14-22(19)24-23-20-12-5-3-9-17(20)15-18-10-4-6-13-21(18)23/h3-16H,1-2H3. The van der Waals surface area contributed by atoms with Crippen LogP contribution in [-0.4, -0.2) is 0 Å². The highest BCUT2D eigenvalue weighted by molar-refractivity contribution is 6.05. The first-order chi connectivity index (χ1) is 11.7. The van der Waals surface area contributed by atoms with Crippen LogP contribution in [0.4, 0.5) is 0 Å². The molecule has 0 spiro atoms. The monoisotopic (exact) mass is 312 g/mol. The number of rotatable bonds is 3. The number of hydrogen-bond donors (Lipinski definition) is 0. The molecular weight excluding hydrogens is 292 g/mol. The molecule has 0 aliphatic carbocycles. The smallest absolute Gasteiger partial charge is 0.143 e. The molecule has 118 valence electrons.